The predicted octanol–water partition coefficient (Wildman–Crippen LogP) is 4.11. The molecule has 0 saturated carbocycles. The largest absolute Gasteiger partial charge is 0.449 e. The highest BCUT2D eigenvalue weighted by atomic mass is 79.9. The highest BCUT2D eigenvalue weighted by molar-refractivity contribution is 9.10. The molecule has 2 aromatic carbocycles. The van der Waals surface area contributed by atoms with Crippen LogP contribution in [0.3, 0.4) is 0 Å². The maximum Gasteiger partial charge on any atom is 0.340 e. The second-order valence-corrected chi connectivity index (χ2v) is 6.92. The standard InChI is InChI=1S/C19H17BrFNO3/c1-11-9-13-5-3-4-6-17(13)22(11)18(23)12(2)25-19(24)15-8-7-14(21)10-16(15)20/h3-8,10-12H,9H2,1-2H3/t11-,12+/m0/s1. The smallest absolute Gasteiger partial charge is 0.340 e. The van der Waals surface area contributed by atoms with Crippen molar-refractivity contribution in [3.05, 3.63) is 63.9 Å². The average Bonchev–Trinajstić information content (AvgIpc) is 2.89. The fourth-order valence-corrected chi connectivity index (χ4v) is 3.54. The van der Waals surface area contributed by atoms with Crippen LogP contribution in [-0.2, 0) is 16.0 Å². The highest BCUT2D eigenvalue weighted by Gasteiger charge is 2.34. The summed E-state index contributed by atoms with van der Waals surface area (Å²) in [6.07, 6.45) is -0.176. The normalized spacial score (nSPS) is 17.1. The van der Waals surface area contributed by atoms with Crippen LogP contribution in [0.15, 0.2) is 46.9 Å². The van der Waals surface area contributed by atoms with E-state index in [1.807, 2.05) is 31.2 Å². The van der Waals surface area contributed by atoms with Gasteiger partial charge >= 0.3 is 5.97 Å². The minimum absolute atomic E-state index is 0.00334. The first-order valence-electron chi connectivity index (χ1n) is 7.95. The van der Waals surface area contributed by atoms with Crippen molar-refractivity contribution < 1.29 is 18.7 Å². The van der Waals surface area contributed by atoms with Gasteiger partial charge in [0.1, 0.15) is 5.82 Å². The number of hydrogen-bond donors (Lipinski definition) is 0. The van der Waals surface area contributed by atoms with Gasteiger partial charge in [-0.2, -0.15) is 0 Å². The van der Waals surface area contributed by atoms with Crippen molar-refractivity contribution in [2.75, 3.05) is 4.90 Å². The van der Waals surface area contributed by atoms with Crippen LogP contribution in [-0.4, -0.2) is 24.0 Å². The maximum atomic E-state index is 13.1. The molecule has 6 heteroatoms. The minimum atomic E-state index is -0.946. The number of ether oxygens (including phenoxy) is 1. The molecule has 1 heterocycles. The summed E-state index contributed by atoms with van der Waals surface area (Å²) in [7, 11) is 0. The van der Waals surface area contributed by atoms with Gasteiger partial charge in [-0.25, -0.2) is 9.18 Å². The van der Waals surface area contributed by atoms with Gasteiger partial charge < -0.3 is 9.64 Å². The van der Waals surface area contributed by atoms with E-state index in [1.165, 1.54) is 18.2 Å². The Kier molecular flexibility index (Phi) is 4.90. The number of nitrogens with zero attached hydrogens (tertiary/aromatic N) is 1. The first-order chi connectivity index (χ1) is 11.9. The number of amides is 1. The Morgan fingerprint density at radius 2 is 2.00 bits per heavy atom. The second kappa shape index (κ2) is 6.96. The fraction of sp³-hybridized carbons (Fsp3) is 0.263. The molecule has 1 amide bonds. The Morgan fingerprint density at radius 3 is 2.72 bits per heavy atom. The van der Waals surface area contributed by atoms with Crippen molar-refractivity contribution in [2.45, 2.75) is 32.4 Å². The highest BCUT2D eigenvalue weighted by Crippen LogP contribution is 2.32. The minimum Gasteiger partial charge on any atom is -0.449 e. The predicted molar refractivity (Wildman–Crippen MR) is 96.1 cm³/mol. The van der Waals surface area contributed by atoms with Crippen molar-refractivity contribution in [2.24, 2.45) is 0 Å². The lowest BCUT2D eigenvalue weighted by atomic mass is 10.1. The Morgan fingerprint density at radius 1 is 1.28 bits per heavy atom. The number of esters is 1. The third kappa shape index (κ3) is 3.44. The molecule has 0 aromatic heterocycles. The zero-order valence-electron chi connectivity index (χ0n) is 13.8. The van der Waals surface area contributed by atoms with Gasteiger partial charge in [-0.3, -0.25) is 4.79 Å². The molecule has 0 N–H and O–H groups in total. The lowest BCUT2D eigenvalue weighted by Gasteiger charge is -2.26. The van der Waals surface area contributed by atoms with E-state index in [9.17, 15) is 14.0 Å². The number of fused-ring (bicyclic) bond motifs is 1. The molecule has 3 rings (SSSR count). The second-order valence-electron chi connectivity index (χ2n) is 6.06. The first kappa shape index (κ1) is 17.6. The number of benzene rings is 2. The molecule has 0 fully saturated rings. The van der Waals surface area contributed by atoms with Crippen molar-refractivity contribution in [1.29, 1.82) is 0 Å². The number of carbonyl (C=O) groups excluding carboxylic acids is 2. The molecule has 0 unspecified atom stereocenters. The monoisotopic (exact) mass is 405 g/mol. The first-order valence-corrected chi connectivity index (χ1v) is 8.75. The van der Waals surface area contributed by atoms with Gasteiger partial charge in [-0.1, -0.05) is 18.2 Å². The number of rotatable bonds is 3. The molecular formula is C19H17BrFNO3. The summed E-state index contributed by atoms with van der Waals surface area (Å²) in [5.41, 5.74) is 2.13. The van der Waals surface area contributed by atoms with Gasteiger partial charge in [0.05, 0.1) is 5.56 Å². The van der Waals surface area contributed by atoms with Gasteiger partial charge in [0.2, 0.25) is 0 Å². The number of halogens is 2. The van der Waals surface area contributed by atoms with Gasteiger partial charge in [0.25, 0.3) is 5.91 Å². The van der Waals surface area contributed by atoms with Crippen LogP contribution < -0.4 is 4.90 Å². The zero-order valence-corrected chi connectivity index (χ0v) is 15.4. The van der Waals surface area contributed by atoms with Crippen molar-refractivity contribution >= 4 is 33.5 Å². The Bertz CT molecular complexity index is 839. The summed E-state index contributed by atoms with van der Waals surface area (Å²) in [4.78, 5) is 26.8. The summed E-state index contributed by atoms with van der Waals surface area (Å²) in [6, 6.07) is 11.4. The van der Waals surface area contributed by atoms with E-state index in [1.54, 1.807) is 11.8 Å². The molecule has 2 atom stereocenters. The van der Waals surface area contributed by atoms with Crippen molar-refractivity contribution in [1.82, 2.24) is 0 Å². The number of carbonyl (C=O) groups is 2. The molecule has 1 aliphatic rings. The van der Waals surface area contributed by atoms with E-state index in [2.05, 4.69) is 15.9 Å². The van der Waals surface area contributed by atoms with Gasteiger partial charge in [-0.15, -0.1) is 0 Å². The zero-order chi connectivity index (χ0) is 18.1. The SMILES string of the molecule is C[C@@H](OC(=O)c1ccc(F)cc1Br)C(=O)N1c2ccccc2C[C@@H]1C. The van der Waals surface area contributed by atoms with Crippen LogP contribution >= 0.6 is 15.9 Å². The molecule has 0 aliphatic carbocycles. The molecule has 0 bridgehead atoms. The quantitative estimate of drug-likeness (QED) is 0.721. The van der Waals surface area contributed by atoms with Crippen LogP contribution in [0.5, 0.6) is 0 Å². The molecule has 4 nitrogen and oxygen atoms in total. The summed E-state index contributed by atoms with van der Waals surface area (Å²) in [5, 5.41) is 0. The summed E-state index contributed by atoms with van der Waals surface area (Å²) in [6.45, 7) is 3.51. The van der Waals surface area contributed by atoms with Crippen LogP contribution in [0.1, 0.15) is 29.8 Å². The lowest BCUT2D eigenvalue weighted by Crippen LogP contribution is -2.43. The van der Waals surface area contributed by atoms with E-state index >= 15 is 0 Å². The third-order valence-electron chi connectivity index (χ3n) is 4.23. The number of para-hydroxylation sites is 1. The number of anilines is 1. The Hall–Kier alpha value is -2.21. The molecule has 25 heavy (non-hydrogen) atoms. The van der Waals surface area contributed by atoms with E-state index in [0.29, 0.717) is 0 Å². The summed E-state index contributed by atoms with van der Waals surface area (Å²) < 4.78 is 18.7. The van der Waals surface area contributed by atoms with E-state index in [-0.39, 0.29) is 22.0 Å². The van der Waals surface area contributed by atoms with E-state index < -0.39 is 17.9 Å². The van der Waals surface area contributed by atoms with Crippen molar-refractivity contribution in [3.8, 4) is 0 Å². The molecule has 0 radical (unpaired) electrons. The van der Waals surface area contributed by atoms with Crippen molar-refractivity contribution in [3.63, 3.8) is 0 Å². The molecule has 130 valence electrons. The van der Waals surface area contributed by atoms with Crippen LogP contribution in [0.2, 0.25) is 0 Å². The molecule has 0 spiro atoms. The fourth-order valence-electron chi connectivity index (χ4n) is 3.03. The Labute approximate surface area is 153 Å². The summed E-state index contributed by atoms with van der Waals surface area (Å²) in [5.74, 6) is -1.41. The van der Waals surface area contributed by atoms with Gasteiger partial charge in [-0.05, 0) is 66.0 Å². The van der Waals surface area contributed by atoms with Gasteiger partial charge in [0, 0.05) is 16.2 Å². The molecular weight excluding hydrogens is 389 g/mol. The van der Waals surface area contributed by atoms with E-state index in [0.717, 1.165) is 17.7 Å². The maximum absolute atomic E-state index is 13.1. The van der Waals surface area contributed by atoms with Gasteiger partial charge in [0.15, 0.2) is 6.10 Å². The van der Waals surface area contributed by atoms with Crippen LogP contribution in [0.4, 0.5) is 10.1 Å². The summed E-state index contributed by atoms with van der Waals surface area (Å²) >= 11 is 3.14. The number of hydrogen-bond acceptors (Lipinski definition) is 3. The van der Waals surface area contributed by atoms with E-state index in [4.69, 9.17) is 4.74 Å². The molecule has 0 saturated heterocycles. The van der Waals surface area contributed by atoms with Crippen LogP contribution in [0, 0.1) is 5.82 Å². The molecule has 2 aromatic rings. The van der Waals surface area contributed by atoms with Crippen LogP contribution in [0.25, 0.3) is 0 Å². The third-order valence-corrected chi connectivity index (χ3v) is 4.88. The average molecular weight is 406 g/mol. The topological polar surface area (TPSA) is 46.6 Å². The molecule has 1 aliphatic heterocycles. The Balaban J connectivity index is 1.76. The lowest BCUT2D eigenvalue weighted by molar-refractivity contribution is -0.126.